The normalized spacial score (nSPS) is 15.9. The molecular formula is C20H23ClN2O3. The minimum atomic E-state index is -0.250. The lowest BCUT2D eigenvalue weighted by Crippen LogP contribution is -2.30. The lowest BCUT2D eigenvalue weighted by Gasteiger charge is -2.17. The smallest absolute Gasteiger partial charge is 0.290 e. The van der Waals surface area contributed by atoms with Crippen LogP contribution in [0.3, 0.4) is 0 Å². The summed E-state index contributed by atoms with van der Waals surface area (Å²) in [6.45, 7) is 3.44. The molecule has 26 heavy (non-hydrogen) atoms. The van der Waals surface area contributed by atoms with Crippen molar-refractivity contribution in [2.75, 3.05) is 13.1 Å². The minimum Gasteiger partial charge on any atom is -0.483 e. The van der Waals surface area contributed by atoms with Crippen LogP contribution in [-0.2, 0) is 22.4 Å². The zero-order valence-electron chi connectivity index (χ0n) is 14.8. The predicted molar refractivity (Wildman–Crippen MR) is 101 cm³/mol. The van der Waals surface area contributed by atoms with Gasteiger partial charge in [0.25, 0.3) is 6.47 Å². The highest BCUT2D eigenvalue weighted by Crippen LogP contribution is 2.22. The van der Waals surface area contributed by atoms with Crippen LogP contribution in [-0.4, -0.2) is 40.5 Å². The van der Waals surface area contributed by atoms with Crippen molar-refractivity contribution in [2.45, 2.75) is 26.2 Å². The fourth-order valence-electron chi connectivity index (χ4n) is 3.14. The summed E-state index contributed by atoms with van der Waals surface area (Å²) in [5.41, 5.74) is 3.26. The first kappa shape index (κ1) is 19.9. The van der Waals surface area contributed by atoms with Crippen LogP contribution in [0.4, 0.5) is 0 Å². The molecular weight excluding hydrogens is 352 g/mol. The van der Waals surface area contributed by atoms with Crippen LogP contribution in [0.5, 0.6) is 0 Å². The second-order valence-electron chi connectivity index (χ2n) is 6.37. The summed E-state index contributed by atoms with van der Waals surface area (Å²) in [7, 11) is 0. The van der Waals surface area contributed by atoms with Crippen LogP contribution >= 0.6 is 11.6 Å². The van der Waals surface area contributed by atoms with E-state index < -0.39 is 0 Å². The Morgan fingerprint density at radius 3 is 2.69 bits per heavy atom. The van der Waals surface area contributed by atoms with Gasteiger partial charge in [-0.05, 0) is 55.0 Å². The van der Waals surface area contributed by atoms with Gasteiger partial charge in [-0.15, -0.1) is 0 Å². The van der Waals surface area contributed by atoms with Gasteiger partial charge in [0.2, 0.25) is 5.91 Å². The van der Waals surface area contributed by atoms with E-state index in [0.717, 1.165) is 42.2 Å². The third kappa shape index (κ3) is 5.85. The van der Waals surface area contributed by atoms with Gasteiger partial charge < -0.3 is 10.0 Å². The molecule has 2 heterocycles. The molecule has 1 aromatic heterocycles. The molecule has 0 saturated carbocycles. The number of aromatic nitrogens is 1. The quantitative estimate of drug-likeness (QED) is 0.833. The molecule has 1 N–H and O–H groups in total. The number of likely N-dealkylation sites (tertiary alicyclic amines) is 1. The van der Waals surface area contributed by atoms with Gasteiger partial charge in [0, 0.05) is 24.3 Å². The maximum Gasteiger partial charge on any atom is 0.290 e. The first-order valence-electron chi connectivity index (χ1n) is 8.54. The van der Waals surface area contributed by atoms with Gasteiger partial charge in [-0.3, -0.25) is 14.6 Å². The molecule has 6 heteroatoms. The zero-order chi connectivity index (χ0) is 18.9. The van der Waals surface area contributed by atoms with Crippen LogP contribution in [0.25, 0.3) is 0 Å². The number of hydrogen-bond donors (Lipinski definition) is 1. The van der Waals surface area contributed by atoms with Gasteiger partial charge >= 0.3 is 0 Å². The van der Waals surface area contributed by atoms with E-state index in [1.807, 2.05) is 36.1 Å². The van der Waals surface area contributed by atoms with Gasteiger partial charge in [-0.1, -0.05) is 29.8 Å². The van der Waals surface area contributed by atoms with Gasteiger partial charge in [-0.25, -0.2) is 0 Å². The van der Waals surface area contributed by atoms with Crippen molar-refractivity contribution in [3.63, 3.8) is 0 Å². The van der Waals surface area contributed by atoms with E-state index in [4.69, 9.17) is 21.5 Å². The highest BCUT2D eigenvalue weighted by Gasteiger charge is 2.26. The predicted octanol–water partition coefficient (Wildman–Crippen LogP) is 3.38. The van der Waals surface area contributed by atoms with Crippen LogP contribution in [0, 0.1) is 12.8 Å². The summed E-state index contributed by atoms with van der Waals surface area (Å²) < 4.78 is 0. The first-order valence-corrected chi connectivity index (χ1v) is 8.91. The van der Waals surface area contributed by atoms with Gasteiger partial charge in [-0.2, -0.15) is 0 Å². The number of rotatable bonds is 4. The summed E-state index contributed by atoms with van der Waals surface area (Å²) in [6.07, 6.45) is 4.22. The van der Waals surface area contributed by atoms with E-state index in [9.17, 15) is 4.79 Å². The number of hydrogen-bond acceptors (Lipinski definition) is 3. The average Bonchev–Trinajstić information content (AvgIpc) is 3.08. The Labute approximate surface area is 158 Å². The Morgan fingerprint density at radius 2 is 2.04 bits per heavy atom. The molecule has 1 atom stereocenters. The van der Waals surface area contributed by atoms with Crippen molar-refractivity contribution in [1.82, 2.24) is 9.88 Å². The van der Waals surface area contributed by atoms with E-state index in [2.05, 4.69) is 17.1 Å². The maximum atomic E-state index is 12.5. The highest BCUT2D eigenvalue weighted by molar-refractivity contribution is 6.30. The van der Waals surface area contributed by atoms with Crippen molar-refractivity contribution in [2.24, 2.45) is 5.92 Å². The van der Waals surface area contributed by atoms with Crippen LogP contribution < -0.4 is 0 Å². The second-order valence-corrected chi connectivity index (χ2v) is 6.81. The standard InChI is InChI=1S/C19H21ClN2O.CH2O2/c1-14-3-2-9-21-18(14)12-19(23)22-10-8-16(13-22)11-15-4-6-17(20)7-5-15;2-1-3/h2-7,9,16H,8,10-13H2,1H3;1H,(H,2,3). The Bertz CT molecular complexity index is 734. The van der Waals surface area contributed by atoms with E-state index in [0.29, 0.717) is 12.3 Å². The minimum absolute atomic E-state index is 0.186. The van der Waals surface area contributed by atoms with Crippen LogP contribution in [0.2, 0.25) is 5.02 Å². The molecule has 1 fully saturated rings. The van der Waals surface area contributed by atoms with Crippen molar-refractivity contribution in [3.8, 4) is 0 Å². The molecule has 0 bridgehead atoms. The van der Waals surface area contributed by atoms with Crippen molar-refractivity contribution in [3.05, 3.63) is 64.4 Å². The molecule has 5 nitrogen and oxygen atoms in total. The first-order chi connectivity index (χ1) is 12.5. The molecule has 0 spiro atoms. The van der Waals surface area contributed by atoms with Gasteiger partial charge in [0.1, 0.15) is 0 Å². The molecule has 0 radical (unpaired) electrons. The number of benzene rings is 1. The Morgan fingerprint density at radius 1 is 1.35 bits per heavy atom. The maximum absolute atomic E-state index is 12.5. The largest absolute Gasteiger partial charge is 0.483 e. The monoisotopic (exact) mass is 374 g/mol. The average molecular weight is 375 g/mol. The van der Waals surface area contributed by atoms with Crippen molar-refractivity contribution in [1.29, 1.82) is 0 Å². The topological polar surface area (TPSA) is 70.5 Å². The summed E-state index contributed by atoms with van der Waals surface area (Å²) in [5.74, 6) is 0.718. The van der Waals surface area contributed by atoms with Gasteiger partial charge in [0.05, 0.1) is 12.1 Å². The summed E-state index contributed by atoms with van der Waals surface area (Å²) in [4.78, 5) is 27.1. The van der Waals surface area contributed by atoms with E-state index in [-0.39, 0.29) is 12.4 Å². The second kappa shape index (κ2) is 9.92. The number of halogens is 1. The highest BCUT2D eigenvalue weighted by atomic mass is 35.5. The molecule has 1 saturated heterocycles. The van der Waals surface area contributed by atoms with Crippen LogP contribution in [0.15, 0.2) is 42.6 Å². The van der Waals surface area contributed by atoms with Crippen LogP contribution in [0.1, 0.15) is 23.2 Å². The molecule has 1 amide bonds. The Balaban J connectivity index is 0.000000758. The zero-order valence-corrected chi connectivity index (χ0v) is 15.5. The third-order valence-electron chi connectivity index (χ3n) is 4.51. The molecule has 2 aromatic rings. The lowest BCUT2D eigenvalue weighted by atomic mass is 9.99. The SMILES string of the molecule is Cc1cccnc1CC(=O)N1CCC(Cc2ccc(Cl)cc2)C1.O=CO. The molecule has 138 valence electrons. The molecule has 1 aliphatic rings. The summed E-state index contributed by atoms with van der Waals surface area (Å²) >= 11 is 5.92. The number of pyridine rings is 1. The number of nitrogens with zero attached hydrogens (tertiary/aromatic N) is 2. The van der Waals surface area contributed by atoms with E-state index >= 15 is 0 Å². The number of carbonyl (C=O) groups excluding carboxylic acids is 1. The van der Waals surface area contributed by atoms with Crippen molar-refractivity contribution < 1.29 is 14.7 Å². The lowest BCUT2D eigenvalue weighted by molar-refractivity contribution is -0.129. The van der Waals surface area contributed by atoms with Crippen molar-refractivity contribution >= 4 is 24.0 Å². The molecule has 3 rings (SSSR count). The third-order valence-corrected chi connectivity index (χ3v) is 4.76. The molecule has 1 unspecified atom stereocenters. The number of carbonyl (C=O) groups is 2. The summed E-state index contributed by atoms with van der Waals surface area (Å²) in [6, 6.07) is 11.9. The van der Waals surface area contributed by atoms with E-state index in [1.165, 1.54) is 5.56 Å². The molecule has 1 aliphatic heterocycles. The number of aryl methyl sites for hydroxylation is 1. The fourth-order valence-corrected chi connectivity index (χ4v) is 3.26. The number of carboxylic acid groups (broad SMARTS) is 1. The Hall–Kier alpha value is -2.40. The van der Waals surface area contributed by atoms with Gasteiger partial charge in [0.15, 0.2) is 0 Å². The molecule has 0 aliphatic carbocycles. The fraction of sp³-hybridized carbons (Fsp3) is 0.350. The Kier molecular flexibility index (Phi) is 7.60. The molecule has 1 aromatic carbocycles. The van der Waals surface area contributed by atoms with E-state index in [1.54, 1.807) is 6.20 Å². The number of amides is 1. The summed E-state index contributed by atoms with van der Waals surface area (Å²) in [5, 5.41) is 7.66.